The molecule has 0 bridgehead atoms. The minimum atomic E-state index is -3.63. The number of fused-ring (bicyclic) bond motifs is 1. The molecule has 4 rings (SSSR count). The van der Waals surface area contributed by atoms with E-state index >= 15 is 0 Å². The molecule has 9 nitrogen and oxygen atoms in total. The number of aromatic amines is 1. The van der Waals surface area contributed by atoms with Crippen molar-refractivity contribution in [3.05, 3.63) is 35.7 Å². The maximum atomic E-state index is 13.6. The molecule has 2 aliphatic rings. The van der Waals surface area contributed by atoms with Gasteiger partial charge in [0, 0.05) is 38.3 Å². The van der Waals surface area contributed by atoms with Gasteiger partial charge in [0.15, 0.2) is 0 Å². The number of hydrogen-bond acceptors (Lipinski definition) is 7. The van der Waals surface area contributed by atoms with Crippen molar-refractivity contribution in [2.45, 2.75) is 44.7 Å². The first-order chi connectivity index (χ1) is 16.4. The van der Waals surface area contributed by atoms with Crippen LogP contribution in [0.4, 0.5) is 5.69 Å². The third kappa shape index (κ3) is 4.79. The van der Waals surface area contributed by atoms with Crippen LogP contribution >= 0.6 is 12.2 Å². The number of nitrogens with zero attached hydrogens (tertiary/aromatic N) is 4. The van der Waals surface area contributed by atoms with Gasteiger partial charge in [0.05, 0.1) is 23.4 Å². The van der Waals surface area contributed by atoms with Crippen molar-refractivity contribution < 1.29 is 13.2 Å². The van der Waals surface area contributed by atoms with Crippen LogP contribution < -0.4 is 15.0 Å². The standard InChI is InChI=1S/C23H34N6O3S2/c1-4-7-10-29-19-16-24-26-21(19)23(33)25-22(29)18-15-17(8-9-20(18)32-6-3)34(30,31)28-13-11-27(5-2)12-14-28/h8-9,15-16,22H,4-7,10-14H2,1-3H3,(H,24,26)(H,25,33). The normalized spacial score (nSPS) is 19.7. The first-order valence-electron chi connectivity index (χ1n) is 12.0. The number of thiocarbonyl (C=S) groups is 1. The Bertz CT molecular complexity index is 1110. The average Bonchev–Trinajstić information content (AvgIpc) is 3.34. The number of nitrogens with one attached hydrogen (secondary N) is 2. The third-order valence-corrected chi connectivity index (χ3v) is 8.70. The minimum Gasteiger partial charge on any atom is -0.493 e. The van der Waals surface area contributed by atoms with Gasteiger partial charge in [-0.15, -0.1) is 0 Å². The molecular weight excluding hydrogens is 472 g/mol. The van der Waals surface area contributed by atoms with Crippen LogP contribution in [0.15, 0.2) is 29.3 Å². The Kier molecular flexibility index (Phi) is 7.76. The zero-order valence-corrected chi connectivity index (χ0v) is 21.7. The molecule has 2 N–H and O–H groups in total. The van der Waals surface area contributed by atoms with Crippen LogP contribution in [0, 0.1) is 0 Å². The molecule has 186 valence electrons. The smallest absolute Gasteiger partial charge is 0.243 e. The van der Waals surface area contributed by atoms with Crippen molar-refractivity contribution >= 4 is 32.9 Å². The van der Waals surface area contributed by atoms with Crippen molar-refractivity contribution in [1.82, 2.24) is 24.7 Å². The molecular formula is C23H34N6O3S2. The van der Waals surface area contributed by atoms with Gasteiger partial charge in [-0.05, 0) is 38.1 Å². The molecule has 0 spiro atoms. The van der Waals surface area contributed by atoms with Crippen LogP contribution in [0.2, 0.25) is 0 Å². The number of H-pyrrole nitrogens is 1. The molecule has 0 saturated carbocycles. The van der Waals surface area contributed by atoms with E-state index in [1.54, 1.807) is 28.7 Å². The topological polar surface area (TPSA) is 93.8 Å². The fourth-order valence-corrected chi connectivity index (χ4v) is 6.24. The molecule has 1 atom stereocenters. The first kappa shape index (κ1) is 24.9. The van der Waals surface area contributed by atoms with Crippen molar-refractivity contribution in [3.8, 4) is 5.75 Å². The summed E-state index contributed by atoms with van der Waals surface area (Å²) in [6.07, 6.45) is 3.41. The molecule has 2 aromatic rings. The Labute approximate surface area is 207 Å². The number of anilines is 1. The summed E-state index contributed by atoms with van der Waals surface area (Å²) in [6.45, 7) is 10.8. The molecule has 0 radical (unpaired) electrons. The third-order valence-electron chi connectivity index (χ3n) is 6.48. The second kappa shape index (κ2) is 10.6. The Morgan fingerprint density at radius 2 is 1.94 bits per heavy atom. The molecule has 1 aromatic heterocycles. The Balaban J connectivity index is 1.73. The van der Waals surface area contributed by atoms with E-state index in [2.05, 4.69) is 39.2 Å². The van der Waals surface area contributed by atoms with Crippen molar-refractivity contribution in [2.75, 3.05) is 50.8 Å². The number of ether oxygens (including phenoxy) is 1. The van der Waals surface area contributed by atoms with Gasteiger partial charge in [-0.3, -0.25) is 5.10 Å². The van der Waals surface area contributed by atoms with Crippen LogP contribution in [-0.2, 0) is 10.0 Å². The predicted molar refractivity (Wildman–Crippen MR) is 137 cm³/mol. The van der Waals surface area contributed by atoms with Crippen LogP contribution in [0.3, 0.4) is 0 Å². The highest BCUT2D eigenvalue weighted by atomic mass is 32.2. The highest BCUT2D eigenvalue weighted by molar-refractivity contribution is 7.89. The monoisotopic (exact) mass is 506 g/mol. The molecule has 1 unspecified atom stereocenters. The fraction of sp³-hybridized carbons (Fsp3) is 0.565. The summed E-state index contributed by atoms with van der Waals surface area (Å²) in [6, 6.07) is 5.16. The molecule has 1 saturated heterocycles. The van der Waals surface area contributed by atoms with E-state index < -0.39 is 10.0 Å². The second-order valence-corrected chi connectivity index (χ2v) is 10.9. The quantitative estimate of drug-likeness (QED) is 0.502. The van der Waals surface area contributed by atoms with Gasteiger partial charge in [0.1, 0.15) is 22.6 Å². The van der Waals surface area contributed by atoms with Crippen LogP contribution in [0.5, 0.6) is 5.75 Å². The maximum Gasteiger partial charge on any atom is 0.243 e. The van der Waals surface area contributed by atoms with E-state index in [0.29, 0.717) is 30.4 Å². The lowest BCUT2D eigenvalue weighted by Gasteiger charge is -2.39. The highest BCUT2D eigenvalue weighted by Gasteiger charge is 2.35. The number of rotatable bonds is 9. The number of likely N-dealkylation sites (N-methyl/N-ethyl adjacent to an activating group) is 1. The summed E-state index contributed by atoms with van der Waals surface area (Å²) in [5, 5.41) is 10.6. The fourth-order valence-electron chi connectivity index (χ4n) is 4.52. The molecule has 1 fully saturated rings. The molecule has 11 heteroatoms. The lowest BCUT2D eigenvalue weighted by Crippen LogP contribution is -2.48. The van der Waals surface area contributed by atoms with Crippen molar-refractivity contribution in [2.24, 2.45) is 0 Å². The van der Waals surface area contributed by atoms with E-state index in [1.165, 1.54) is 0 Å². The van der Waals surface area contributed by atoms with Gasteiger partial charge >= 0.3 is 0 Å². The van der Waals surface area contributed by atoms with Gasteiger partial charge in [0.25, 0.3) is 0 Å². The van der Waals surface area contributed by atoms with E-state index in [4.69, 9.17) is 17.0 Å². The lowest BCUT2D eigenvalue weighted by atomic mass is 10.1. The number of hydrogen-bond donors (Lipinski definition) is 2. The maximum absolute atomic E-state index is 13.6. The van der Waals surface area contributed by atoms with Gasteiger partial charge in [0.2, 0.25) is 10.0 Å². The zero-order valence-electron chi connectivity index (χ0n) is 20.1. The van der Waals surface area contributed by atoms with E-state index in [9.17, 15) is 8.42 Å². The summed E-state index contributed by atoms with van der Waals surface area (Å²) < 4.78 is 34.6. The molecule has 1 aromatic carbocycles. The van der Waals surface area contributed by atoms with Crippen LogP contribution in [-0.4, -0.2) is 78.7 Å². The van der Waals surface area contributed by atoms with Gasteiger partial charge in [-0.1, -0.05) is 32.5 Å². The van der Waals surface area contributed by atoms with Gasteiger partial charge in [-0.25, -0.2) is 8.42 Å². The van der Waals surface area contributed by atoms with E-state index in [0.717, 1.165) is 56.0 Å². The summed E-state index contributed by atoms with van der Waals surface area (Å²) >= 11 is 5.61. The highest BCUT2D eigenvalue weighted by Crippen LogP contribution is 2.38. The van der Waals surface area contributed by atoms with Crippen LogP contribution in [0.25, 0.3) is 0 Å². The number of aromatic nitrogens is 2. The Morgan fingerprint density at radius 1 is 1.18 bits per heavy atom. The van der Waals surface area contributed by atoms with Crippen LogP contribution in [0.1, 0.15) is 51.0 Å². The zero-order chi connectivity index (χ0) is 24.3. The van der Waals surface area contributed by atoms with Gasteiger partial charge in [-0.2, -0.15) is 9.40 Å². The molecule has 3 heterocycles. The molecule has 0 aliphatic carbocycles. The number of unbranched alkanes of at least 4 members (excludes halogenated alkanes) is 1. The van der Waals surface area contributed by atoms with E-state index in [1.807, 2.05) is 6.92 Å². The second-order valence-electron chi connectivity index (χ2n) is 8.52. The minimum absolute atomic E-state index is 0.275. The SMILES string of the molecule is CCCCN1c2cn[nH]c2C(=S)NC1c1cc(S(=O)(=O)N2CCN(CC)CC2)ccc1OCC. The lowest BCUT2D eigenvalue weighted by molar-refractivity contribution is 0.196. The molecule has 34 heavy (non-hydrogen) atoms. The summed E-state index contributed by atoms with van der Waals surface area (Å²) in [5.74, 6) is 0.644. The Hall–Kier alpha value is -2.21. The van der Waals surface area contributed by atoms with Gasteiger partial charge < -0.3 is 19.9 Å². The summed E-state index contributed by atoms with van der Waals surface area (Å²) in [5.41, 5.74) is 2.44. The largest absolute Gasteiger partial charge is 0.493 e. The average molecular weight is 507 g/mol. The predicted octanol–water partition coefficient (Wildman–Crippen LogP) is 2.72. The van der Waals surface area contributed by atoms with Crippen molar-refractivity contribution in [3.63, 3.8) is 0 Å². The van der Waals surface area contributed by atoms with E-state index in [-0.39, 0.29) is 11.1 Å². The first-order valence-corrected chi connectivity index (χ1v) is 13.9. The van der Waals surface area contributed by atoms with Crippen molar-refractivity contribution in [1.29, 1.82) is 0 Å². The summed E-state index contributed by atoms with van der Waals surface area (Å²) in [4.78, 5) is 5.27. The number of piperazine rings is 1. The molecule has 2 aliphatic heterocycles. The Morgan fingerprint density at radius 3 is 2.62 bits per heavy atom. The molecule has 0 amide bonds. The summed E-state index contributed by atoms with van der Waals surface area (Å²) in [7, 11) is -3.63. The number of sulfonamides is 1. The number of benzene rings is 1.